The van der Waals surface area contributed by atoms with E-state index in [2.05, 4.69) is 5.32 Å². The smallest absolute Gasteiger partial charge is 0.376 e. The van der Waals surface area contributed by atoms with Gasteiger partial charge in [0, 0.05) is 18.8 Å². The first kappa shape index (κ1) is 15.3. The Morgan fingerprint density at radius 3 is 2.11 bits per heavy atom. The summed E-state index contributed by atoms with van der Waals surface area (Å²) in [7, 11) is 0. The van der Waals surface area contributed by atoms with Crippen molar-refractivity contribution in [1.82, 2.24) is 4.90 Å². The number of alkyl halides is 3. The van der Waals surface area contributed by atoms with Crippen LogP contribution in [0.4, 0.5) is 18.9 Å². The SMILES string of the molecule is CCN(CC)C(=O)CNc1ccc(C(F)(F)F)cc1. The first-order chi connectivity index (χ1) is 8.88. The molecule has 19 heavy (non-hydrogen) atoms. The van der Waals surface area contributed by atoms with Crippen LogP contribution in [-0.2, 0) is 11.0 Å². The maximum atomic E-state index is 12.3. The summed E-state index contributed by atoms with van der Waals surface area (Å²) in [4.78, 5) is 13.3. The summed E-state index contributed by atoms with van der Waals surface area (Å²) in [5.41, 5.74) is -0.207. The van der Waals surface area contributed by atoms with Gasteiger partial charge >= 0.3 is 6.18 Å². The number of halogens is 3. The molecule has 0 spiro atoms. The number of carbonyl (C=O) groups is 1. The average Bonchev–Trinajstić information content (AvgIpc) is 2.37. The van der Waals surface area contributed by atoms with Crippen molar-refractivity contribution in [3.05, 3.63) is 29.8 Å². The maximum Gasteiger partial charge on any atom is 0.416 e. The Hall–Kier alpha value is -1.72. The Morgan fingerprint density at radius 2 is 1.68 bits per heavy atom. The molecular formula is C13H17F3N2O. The second kappa shape index (κ2) is 6.45. The normalized spacial score (nSPS) is 11.2. The highest BCUT2D eigenvalue weighted by molar-refractivity contribution is 5.80. The van der Waals surface area contributed by atoms with Gasteiger partial charge in [-0.1, -0.05) is 0 Å². The quantitative estimate of drug-likeness (QED) is 0.895. The Bertz CT molecular complexity index is 411. The van der Waals surface area contributed by atoms with Gasteiger partial charge in [0.25, 0.3) is 0 Å². The number of nitrogens with zero attached hydrogens (tertiary/aromatic N) is 1. The lowest BCUT2D eigenvalue weighted by molar-refractivity contribution is -0.137. The standard InChI is InChI=1S/C13H17F3N2O/c1-3-18(4-2)12(19)9-17-11-7-5-10(6-8-11)13(14,15)16/h5-8,17H,3-4,9H2,1-2H3. The lowest BCUT2D eigenvalue weighted by Crippen LogP contribution is -2.35. The van der Waals surface area contributed by atoms with Gasteiger partial charge in [0.2, 0.25) is 5.91 Å². The maximum absolute atomic E-state index is 12.3. The van der Waals surface area contributed by atoms with Crippen molar-refractivity contribution in [2.45, 2.75) is 20.0 Å². The third-order valence-corrected chi connectivity index (χ3v) is 2.77. The number of nitrogens with one attached hydrogen (secondary N) is 1. The molecule has 0 aliphatic rings. The minimum atomic E-state index is -4.34. The monoisotopic (exact) mass is 274 g/mol. The highest BCUT2D eigenvalue weighted by Gasteiger charge is 2.29. The average molecular weight is 274 g/mol. The minimum absolute atomic E-state index is 0.0764. The van der Waals surface area contributed by atoms with Crippen molar-refractivity contribution in [2.75, 3.05) is 25.0 Å². The molecule has 0 atom stereocenters. The number of hydrogen-bond acceptors (Lipinski definition) is 2. The third kappa shape index (κ3) is 4.46. The van der Waals surface area contributed by atoms with E-state index < -0.39 is 11.7 Å². The molecule has 0 saturated carbocycles. The van der Waals surface area contributed by atoms with Gasteiger partial charge in [0.1, 0.15) is 0 Å². The van der Waals surface area contributed by atoms with Gasteiger partial charge in [0.05, 0.1) is 12.1 Å². The topological polar surface area (TPSA) is 32.3 Å². The van der Waals surface area contributed by atoms with Gasteiger partial charge in [-0.3, -0.25) is 4.79 Å². The molecule has 6 heteroatoms. The minimum Gasteiger partial charge on any atom is -0.376 e. The van der Waals surface area contributed by atoms with E-state index in [1.807, 2.05) is 13.8 Å². The van der Waals surface area contributed by atoms with E-state index in [4.69, 9.17) is 0 Å². The van der Waals surface area contributed by atoms with Crippen molar-refractivity contribution in [1.29, 1.82) is 0 Å². The van der Waals surface area contributed by atoms with E-state index in [1.165, 1.54) is 12.1 Å². The van der Waals surface area contributed by atoms with Crippen LogP contribution in [0.1, 0.15) is 19.4 Å². The van der Waals surface area contributed by atoms with Crippen LogP contribution in [0, 0.1) is 0 Å². The Morgan fingerprint density at radius 1 is 1.16 bits per heavy atom. The Balaban J connectivity index is 2.57. The predicted octanol–water partition coefficient (Wildman–Crippen LogP) is 2.99. The van der Waals surface area contributed by atoms with Crippen LogP contribution in [-0.4, -0.2) is 30.4 Å². The summed E-state index contributed by atoms with van der Waals surface area (Å²) < 4.78 is 37.0. The number of carbonyl (C=O) groups excluding carboxylic acids is 1. The molecule has 1 rings (SSSR count). The fourth-order valence-corrected chi connectivity index (χ4v) is 1.64. The molecule has 1 aromatic carbocycles. The van der Waals surface area contributed by atoms with Crippen molar-refractivity contribution < 1.29 is 18.0 Å². The molecule has 0 saturated heterocycles. The molecule has 0 aliphatic carbocycles. The van der Waals surface area contributed by atoms with Crippen LogP contribution in [0.25, 0.3) is 0 Å². The summed E-state index contributed by atoms with van der Waals surface area (Å²) in [5, 5.41) is 2.81. The van der Waals surface area contributed by atoms with Crippen LogP contribution in [0.3, 0.4) is 0 Å². The second-order valence-electron chi connectivity index (χ2n) is 3.99. The first-order valence-electron chi connectivity index (χ1n) is 6.07. The van der Waals surface area contributed by atoms with Crippen LogP contribution >= 0.6 is 0 Å². The van der Waals surface area contributed by atoms with Crippen molar-refractivity contribution in [2.24, 2.45) is 0 Å². The number of benzene rings is 1. The molecule has 0 radical (unpaired) electrons. The van der Waals surface area contributed by atoms with E-state index >= 15 is 0 Å². The van der Waals surface area contributed by atoms with Gasteiger partial charge < -0.3 is 10.2 Å². The largest absolute Gasteiger partial charge is 0.416 e. The Labute approximate surface area is 110 Å². The fourth-order valence-electron chi connectivity index (χ4n) is 1.64. The molecule has 106 valence electrons. The Kier molecular flexibility index (Phi) is 5.20. The predicted molar refractivity (Wildman–Crippen MR) is 67.9 cm³/mol. The molecular weight excluding hydrogens is 257 g/mol. The summed E-state index contributed by atoms with van der Waals surface area (Å²) in [6, 6.07) is 4.62. The van der Waals surface area contributed by atoms with Crippen LogP contribution in [0.2, 0.25) is 0 Å². The van der Waals surface area contributed by atoms with Crippen LogP contribution < -0.4 is 5.32 Å². The van der Waals surface area contributed by atoms with E-state index in [0.717, 1.165) is 12.1 Å². The molecule has 0 heterocycles. The molecule has 0 aromatic heterocycles. The molecule has 0 unspecified atom stereocenters. The number of anilines is 1. The molecule has 1 aromatic rings. The molecule has 0 aliphatic heterocycles. The van der Waals surface area contributed by atoms with Gasteiger partial charge in [-0.05, 0) is 38.1 Å². The van der Waals surface area contributed by atoms with Gasteiger partial charge in [-0.15, -0.1) is 0 Å². The zero-order chi connectivity index (χ0) is 14.5. The van der Waals surface area contributed by atoms with Gasteiger partial charge in [-0.25, -0.2) is 0 Å². The summed E-state index contributed by atoms with van der Waals surface area (Å²) in [6.07, 6.45) is -4.34. The highest BCUT2D eigenvalue weighted by atomic mass is 19.4. The summed E-state index contributed by atoms with van der Waals surface area (Å²) in [6.45, 7) is 5.06. The fraction of sp³-hybridized carbons (Fsp3) is 0.462. The number of rotatable bonds is 5. The third-order valence-electron chi connectivity index (χ3n) is 2.77. The molecule has 0 fully saturated rings. The van der Waals surface area contributed by atoms with Crippen molar-refractivity contribution in [3.8, 4) is 0 Å². The van der Waals surface area contributed by atoms with Crippen LogP contribution in [0.15, 0.2) is 24.3 Å². The van der Waals surface area contributed by atoms with Crippen LogP contribution in [0.5, 0.6) is 0 Å². The van der Waals surface area contributed by atoms with E-state index in [9.17, 15) is 18.0 Å². The molecule has 0 bridgehead atoms. The zero-order valence-corrected chi connectivity index (χ0v) is 10.9. The zero-order valence-electron chi connectivity index (χ0n) is 10.9. The van der Waals surface area contributed by atoms with Gasteiger partial charge in [0.15, 0.2) is 0 Å². The van der Waals surface area contributed by atoms with E-state index in [1.54, 1.807) is 4.90 Å². The van der Waals surface area contributed by atoms with E-state index in [-0.39, 0.29) is 12.5 Å². The van der Waals surface area contributed by atoms with E-state index in [0.29, 0.717) is 18.8 Å². The number of likely N-dealkylation sites (N-methyl/N-ethyl adjacent to an activating group) is 1. The molecule has 3 nitrogen and oxygen atoms in total. The van der Waals surface area contributed by atoms with Crippen molar-refractivity contribution in [3.63, 3.8) is 0 Å². The van der Waals surface area contributed by atoms with Gasteiger partial charge in [-0.2, -0.15) is 13.2 Å². The first-order valence-corrected chi connectivity index (χ1v) is 6.07. The lowest BCUT2D eigenvalue weighted by atomic mass is 10.2. The highest BCUT2D eigenvalue weighted by Crippen LogP contribution is 2.29. The second-order valence-corrected chi connectivity index (χ2v) is 3.99. The number of hydrogen-bond donors (Lipinski definition) is 1. The number of amides is 1. The van der Waals surface area contributed by atoms with Crippen molar-refractivity contribution >= 4 is 11.6 Å². The molecule has 1 N–H and O–H groups in total. The summed E-state index contributed by atoms with van der Waals surface area (Å²) in [5.74, 6) is -0.0788. The lowest BCUT2D eigenvalue weighted by Gasteiger charge is -2.19. The molecule has 1 amide bonds. The summed E-state index contributed by atoms with van der Waals surface area (Å²) >= 11 is 0.